The van der Waals surface area contributed by atoms with Crippen LogP contribution >= 0.6 is 11.6 Å². The van der Waals surface area contributed by atoms with Crippen LogP contribution in [0.25, 0.3) is 0 Å². The summed E-state index contributed by atoms with van der Waals surface area (Å²) in [7, 11) is 0. The minimum absolute atomic E-state index is 0.0593. The zero-order valence-electron chi connectivity index (χ0n) is 15.7. The number of benzene rings is 2. The summed E-state index contributed by atoms with van der Waals surface area (Å²) in [6.45, 7) is 4.24. The lowest BCUT2D eigenvalue weighted by Gasteiger charge is -2.24. The molecule has 2 aromatic rings. The van der Waals surface area contributed by atoms with Crippen molar-refractivity contribution in [3.63, 3.8) is 0 Å². The highest BCUT2D eigenvalue weighted by molar-refractivity contribution is 6.32. The lowest BCUT2D eigenvalue weighted by atomic mass is 10.0. The fourth-order valence-corrected chi connectivity index (χ4v) is 2.95. The molecule has 0 bridgehead atoms. The largest absolute Gasteiger partial charge is 0.453 e. The molecule has 4 N–H and O–H groups in total. The molecule has 0 heterocycles. The van der Waals surface area contributed by atoms with Gasteiger partial charge < -0.3 is 21.1 Å². The summed E-state index contributed by atoms with van der Waals surface area (Å²) >= 11 is 6.15. The molecular formula is C20H23ClFN3O3. The predicted octanol–water partition coefficient (Wildman–Crippen LogP) is 3.55. The zero-order valence-corrected chi connectivity index (χ0v) is 16.4. The number of carbonyl (C=O) groups excluding carboxylic acids is 2. The SMILES string of the molecule is CC[C@@H](N[C@@H](C)CNC=O)c1ccc(Cl)c(Oc2ccc(C(N)=O)cc2)c1F. The summed E-state index contributed by atoms with van der Waals surface area (Å²) in [5.41, 5.74) is 5.94. The van der Waals surface area contributed by atoms with Crippen molar-refractivity contribution in [3.8, 4) is 11.5 Å². The van der Waals surface area contributed by atoms with Crippen molar-refractivity contribution in [2.24, 2.45) is 5.73 Å². The van der Waals surface area contributed by atoms with E-state index >= 15 is 4.39 Å². The van der Waals surface area contributed by atoms with Gasteiger partial charge in [-0.15, -0.1) is 0 Å². The van der Waals surface area contributed by atoms with E-state index in [0.717, 1.165) is 0 Å². The molecule has 0 unspecified atom stereocenters. The minimum Gasteiger partial charge on any atom is -0.453 e. The molecule has 6 nitrogen and oxygen atoms in total. The zero-order chi connectivity index (χ0) is 20.7. The van der Waals surface area contributed by atoms with Gasteiger partial charge in [0, 0.05) is 29.8 Å². The van der Waals surface area contributed by atoms with Crippen molar-refractivity contribution in [3.05, 3.63) is 58.4 Å². The summed E-state index contributed by atoms with van der Waals surface area (Å²) in [5, 5.41) is 6.00. The number of hydrogen-bond acceptors (Lipinski definition) is 4. The monoisotopic (exact) mass is 407 g/mol. The number of rotatable bonds is 10. The molecule has 2 aromatic carbocycles. The third-order valence-electron chi connectivity index (χ3n) is 4.21. The maximum absolute atomic E-state index is 15.2. The van der Waals surface area contributed by atoms with Crippen molar-refractivity contribution in [2.45, 2.75) is 32.4 Å². The summed E-state index contributed by atoms with van der Waals surface area (Å²) in [4.78, 5) is 21.6. The second kappa shape index (κ2) is 10.1. The molecule has 2 amide bonds. The molecule has 0 saturated heterocycles. The van der Waals surface area contributed by atoms with Crippen molar-refractivity contribution in [1.29, 1.82) is 0 Å². The molecule has 0 aromatic heterocycles. The molecule has 28 heavy (non-hydrogen) atoms. The Morgan fingerprint density at radius 3 is 2.54 bits per heavy atom. The smallest absolute Gasteiger partial charge is 0.248 e. The van der Waals surface area contributed by atoms with Gasteiger partial charge in [-0.1, -0.05) is 24.6 Å². The van der Waals surface area contributed by atoms with Crippen LogP contribution in [0.5, 0.6) is 11.5 Å². The number of amides is 2. The average molecular weight is 408 g/mol. The second-order valence-corrected chi connectivity index (χ2v) is 6.73. The first-order chi connectivity index (χ1) is 13.4. The van der Waals surface area contributed by atoms with Crippen LogP contribution < -0.4 is 21.1 Å². The molecule has 8 heteroatoms. The number of carbonyl (C=O) groups is 2. The molecule has 0 aliphatic rings. The van der Waals surface area contributed by atoms with Crippen molar-refractivity contribution >= 4 is 23.9 Å². The van der Waals surface area contributed by atoms with Crippen molar-refractivity contribution in [2.75, 3.05) is 6.54 Å². The van der Waals surface area contributed by atoms with Gasteiger partial charge in [0.05, 0.1) is 5.02 Å². The van der Waals surface area contributed by atoms with Gasteiger partial charge in [-0.2, -0.15) is 0 Å². The fraction of sp³-hybridized carbons (Fsp3) is 0.300. The Hall–Kier alpha value is -2.64. The van der Waals surface area contributed by atoms with Gasteiger partial charge in [-0.3, -0.25) is 9.59 Å². The van der Waals surface area contributed by atoms with Crippen LogP contribution in [0.3, 0.4) is 0 Å². The van der Waals surface area contributed by atoms with E-state index in [1.54, 1.807) is 12.1 Å². The number of primary amides is 1. The Morgan fingerprint density at radius 1 is 1.29 bits per heavy atom. The van der Waals surface area contributed by atoms with E-state index in [2.05, 4.69) is 10.6 Å². The lowest BCUT2D eigenvalue weighted by Crippen LogP contribution is -2.38. The molecule has 0 fully saturated rings. The Bertz CT molecular complexity index is 830. The Kier molecular flexibility index (Phi) is 7.78. The molecule has 0 spiro atoms. The number of nitrogens with one attached hydrogen (secondary N) is 2. The molecule has 150 valence electrons. The Labute approximate surface area is 168 Å². The van der Waals surface area contributed by atoms with Crippen LogP contribution in [0.4, 0.5) is 4.39 Å². The number of hydrogen-bond donors (Lipinski definition) is 3. The highest BCUT2D eigenvalue weighted by atomic mass is 35.5. The van der Waals surface area contributed by atoms with Gasteiger partial charge in [-0.25, -0.2) is 4.39 Å². The first-order valence-electron chi connectivity index (χ1n) is 8.86. The predicted molar refractivity (Wildman–Crippen MR) is 106 cm³/mol. The van der Waals surface area contributed by atoms with Crippen LogP contribution in [0.2, 0.25) is 5.02 Å². The van der Waals surface area contributed by atoms with Crippen LogP contribution in [0.1, 0.15) is 42.2 Å². The van der Waals surface area contributed by atoms with Crippen LogP contribution in [0.15, 0.2) is 36.4 Å². The van der Waals surface area contributed by atoms with Gasteiger partial charge in [-0.05, 0) is 43.7 Å². The van der Waals surface area contributed by atoms with E-state index in [4.69, 9.17) is 22.1 Å². The van der Waals surface area contributed by atoms with E-state index in [9.17, 15) is 9.59 Å². The summed E-state index contributed by atoms with van der Waals surface area (Å²) < 4.78 is 20.8. The normalized spacial score (nSPS) is 12.9. The van der Waals surface area contributed by atoms with Crippen molar-refractivity contribution in [1.82, 2.24) is 10.6 Å². The molecule has 0 aliphatic heterocycles. The second-order valence-electron chi connectivity index (χ2n) is 6.33. The molecule has 2 atom stereocenters. The molecule has 2 rings (SSSR count). The minimum atomic E-state index is -0.568. The van der Waals surface area contributed by atoms with Gasteiger partial charge >= 0.3 is 0 Å². The quantitative estimate of drug-likeness (QED) is 0.525. The molecule has 0 saturated carbocycles. The van der Waals surface area contributed by atoms with Gasteiger partial charge in [0.25, 0.3) is 0 Å². The number of halogens is 2. The maximum Gasteiger partial charge on any atom is 0.248 e. The van der Waals surface area contributed by atoms with Crippen LogP contribution in [-0.4, -0.2) is 24.9 Å². The summed E-state index contributed by atoms with van der Waals surface area (Å²) in [6, 6.07) is 8.86. The van der Waals surface area contributed by atoms with E-state index in [0.29, 0.717) is 36.3 Å². The van der Waals surface area contributed by atoms with E-state index in [-0.39, 0.29) is 22.9 Å². The van der Waals surface area contributed by atoms with E-state index in [1.807, 2.05) is 13.8 Å². The maximum atomic E-state index is 15.2. The van der Waals surface area contributed by atoms with Crippen LogP contribution in [0, 0.1) is 5.82 Å². The third-order valence-corrected chi connectivity index (χ3v) is 4.51. The Balaban J connectivity index is 2.26. The topological polar surface area (TPSA) is 93.4 Å². The number of nitrogens with two attached hydrogens (primary N) is 1. The molecule has 0 aliphatic carbocycles. The molecular weight excluding hydrogens is 385 g/mol. The first kappa shape index (κ1) is 21.7. The highest BCUT2D eigenvalue weighted by Gasteiger charge is 2.21. The average Bonchev–Trinajstić information content (AvgIpc) is 2.68. The first-order valence-corrected chi connectivity index (χ1v) is 9.23. The summed E-state index contributed by atoms with van der Waals surface area (Å²) in [6.07, 6.45) is 1.24. The van der Waals surface area contributed by atoms with E-state index in [1.165, 1.54) is 24.3 Å². The molecule has 0 radical (unpaired) electrons. The fourth-order valence-electron chi connectivity index (χ4n) is 2.77. The Morgan fingerprint density at radius 2 is 1.96 bits per heavy atom. The van der Waals surface area contributed by atoms with Crippen LogP contribution in [-0.2, 0) is 4.79 Å². The highest BCUT2D eigenvalue weighted by Crippen LogP contribution is 2.36. The third kappa shape index (κ3) is 5.43. The van der Waals surface area contributed by atoms with Gasteiger partial charge in [0.2, 0.25) is 12.3 Å². The van der Waals surface area contributed by atoms with Gasteiger partial charge in [0.15, 0.2) is 11.6 Å². The number of ether oxygens (including phenoxy) is 1. The van der Waals surface area contributed by atoms with Gasteiger partial charge in [0.1, 0.15) is 5.75 Å². The lowest BCUT2D eigenvalue weighted by molar-refractivity contribution is -0.109. The van der Waals surface area contributed by atoms with E-state index < -0.39 is 11.7 Å². The van der Waals surface area contributed by atoms with Crippen molar-refractivity contribution < 1.29 is 18.7 Å². The summed E-state index contributed by atoms with van der Waals surface area (Å²) in [5.74, 6) is -0.897. The standard InChI is InChI=1S/C20H23ClFN3O3/c1-3-17(25-12(2)10-24-11-26)15-8-9-16(21)19(18(15)22)28-14-6-4-13(5-7-14)20(23)27/h4-9,11-12,17,25H,3,10H2,1-2H3,(H2,23,27)(H,24,26)/t12-,17+/m0/s1.